The van der Waals surface area contributed by atoms with Gasteiger partial charge in [0.15, 0.2) is 5.82 Å². The molecule has 6 heteroatoms. The molecule has 2 rings (SSSR count). The summed E-state index contributed by atoms with van der Waals surface area (Å²) >= 11 is 0. The fourth-order valence-corrected chi connectivity index (χ4v) is 2.16. The molecular formula is C16H23N5O. The zero-order chi connectivity index (χ0) is 15.8. The van der Waals surface area contributed by atoms with Crippen LogP contribution >= 0.6 is 0 Å². The van der Waals surface area contributed by atoms with Gasteiger partial charge in [0.05, 0.1) is 13.3 Å². The molecule has 0 atom stereocenters. The van der Waals surface area contributed by atoms with E-state index in [0.29, 0.717) is 11.8 Å². The zero-order valence-corrected chi connectivity index (χ0v) is 13.4. The molecule has 6 nitrogen and oxygen atoms in total. The quantitative estimate of drug-likeness (QED) is 0.807. The van der Waals surface area contributed by atoms with E-state index in [9.17, 15) is 0 Å². The van der Waals surface area contributed by atoms with Crippen molar-refractivity contribution in [3.63, 3.8) is 0 Å². The lowest BCUT2D eigenvalue weighted by atomic mass is 10.3. The Hall–Kier alpha value is -2.37. The molecule has 2 aromatic rings. The van der Waals surface area contributed by atoms with Crippen molar-refractivity contribution in [2.45, 2.75) is 26.7 Å². The number of rotatable bonds is 8. The van der Waals surface area contributed by atoms with Crippen molar-refractivity contribution in [3.05, 3.63) is 30.5 Å². The number of nitrogens with one attached hydrogen (secondary N) is 1. The van der Waals surface area contributed by atoms with E-state index in [1.165, 1.54) is 0 Å². The maximum absolute atomic E-state index is 5.15. The van der Waals surface area contributed by atoms with Gasteiger partial charge in [-0.3, -0.25) is 0 Å². The van der Waals surface area contributed by atoms with Crippen LogP contribution < -0.4 is 15.0 Å². The van der Waals surface area contributed by atoms with Gasteiger partial charge in [0.2, 0.25) is 5.95 Å². The largest absolute Gasteiger partial charge is 0.497 e. The van der Waals surface area contributed by atoms with E-state index < -0.39 is 0 Å². The molecule has 1 aromatic heterocycles. The number of methoxy groups -OCH3 is 1. The summed E-state index contributed by atoms with van der Waals surface area (Å²) in [4.78, 5) is 6.72. The third-order valence-corrected chi connectivity index (χ3v) is 3.18. The number of hydrogen-bond donors (Lipinski definition) is 1. The Balaban J connectivity index is 2.12. The first-order valence-electron chi connectivity index (χ1n) is 7.62. The second-order valence-corrected chi connectivity index (χ2v) is 4.98. The lowest BCUT2D eigenvalue weighted by molar-refractivity contribution is 0.415. The van der Waals surface area contributed by atoms with Crippen LogP contribution in [0.1, 0.15) is 26.7 Å². The Morgan fingerprint density at radius 1 is 1.09 bits per heavy atom. The molecule has 0 saturated heterocycles. The maximum Gasteiger partial charge on any atom is 0.247 e. The van der Waals surface area contributed by atoms with E-state index in [0.717, 1.165) is 37.4 Å². The fourth-order valence-electron chi connectivity index (χ4n) is 2.16. The van der Waals surface area contributed by atoms with E-state index in [2.05, 4.69) is 39.2 Å². The first-order chi connectivity index (χ1) is 10.8. The van der Waals surface area contributed by atoms with Crippen molar-refractivity contribution < 1.29 is 4.74 Å². The monoisotopic (exact) mass is 301 g/mol. The summed E-state index contributed by atoms with van der Waals surface area (Å²) in [7, 11) is 1.65. The van der Waals surface area contributed by atoms with E-state index in [-0.39, 0.29) is 0 Å². The standard InChI is InChI=1S/C16H23N5O/c1-4-10-21(11-5-2)16-19-15(12-17-20-16)18-13-6-8-14(22-3)9-7-13/h6-9,12H,4-5,10-11H2,1-3H3,(H,18,19,20). The molecule has 1 aromatic carbocycles. The molecule has 0 bridgehead atoms. The third kappa shape index (κ3) is 4.31. The van der Waals surface area contributed by atoms with Crippen molar-refractivity contribution in [1.82, 2.24) is 15.2 Å². The van der Waals surface area contributed by atoms with E-state index in [1.54, 1.807) is 13.3 Å². The van der Waals surface area contributed by atoms with Crippen molar-refractivity contribution in [1.29, 1.82) is 0 Å². The average molecular weight is 301 g/mol. The van der Waals surface area contributed by atoms with E-state index >= 15 is 0 Å². The Morgan fingerprint density at radius 3 is 2.36 bits per heavy atom. The molecule has 0 aliphatic carbocycles. The van der Waals surface area contributed by atoms with Gasteiger partial charge in [0.1, 0.15) is 5.75 Å². The summed E-state index contributed by atoms with van der Waals surface area (Å²) in [5.74, 6) is 2.18. The number of hydrogen-bond acceptors (Lipinski definition) is 6. The van der Waals surface area contributed by atoms with Gasteiger partial charge in [-0.15, -0.1) is 5.10 Å². The Morgan fingerprint density at radius 2 is 1.77 bits per heavy atom. The van der Waals surface area contributed by atoms with Gasteiger partial charge in [0, 0.05) is 18.8 Å². The van der Waals surface area contributed by atoms with Crippen LogP contribution in [0.3, 0.4) is 0 Å². The van der Waals surface area contributed by atoms with Crippen LogP contribution in [0.15, 0.2) is 30.5 Å². The van der Waals surface area contributed by atoms with Crippen LogP contribution in [0.5, 0.6) is 5.75 Å². The van der Waals surface area contributed by atoms with Gasteiger partial charge in [-0.05, 0) is 37.1 Å². The molecule has 118 valence electrons. The van der Waals surface area contributed by atoms with Gasteiger partial charge >= 0.3 is 0 Å². The Kier molecular flexibility index (Phi) is 5.94. The lowest BCUT2D eigenvalue weighted by Crippen LogP contribution is -2.27. The first kappa shape index (κ1) is 16.0. The van der Waals surface area contributed by atoms with E-state index in [4.69, 9.17) is 4.74 Å². The van der Waals surface area contributed by atoms with Crippen molar-refractivity contribution in [2.75, 3.05) is 30.4 Å². The molecule has 1 heterocycles. The average Bonchev–Trinajstić information content (AvgIpc) is 2.56. The summed E-state index contributed by atoms with van der Waals surface area (Å²) in [6.07, 6.45) is 3.74. The highest BCUT2D eigenvalue weighted by molar-refractivity contribution is 5.57. The minimum absolute atomic E-state index is 0.669. The van der Waals surface area contributed by atoms with Gasteiger partial charge in [-0.1, -0.05) is 13.8 Å². The molecular weight excluding hydrogens is 278 g/mol. The molecule has 0 aliphatic heterocycles. The fraction of sp³-hybridized carbons (Fsp3) is 0.438. The van der Waals surface area contributed by atoms with Crippen LogP contribution in [0, 0.1) is 0 Å². The van der Waals surface area contributed by atoms with Crippen LogP contribution in [-0.4, -0.2) is 35.4 Å². The van der Waals surface area contributed by atoms with Crippen LogP contribution in [0.4, 0.5) is 17.5 Å². The second kappa shape index (κ2) is 8.17. The topological polar surface area (TPSA) is 63.2 Å². The normalized spacial score (nSPS) is 10.3. The number of benzene rings is 1. The molecule has 0 fully saturated rings. The highest BCUT2D eigenvalue weighted by Gasteiger charge is 2.09. The highest BCUT2D eigenvalue weighted by Crippen LogP contribution is 2.19. The van der Waals surface area contributed by atoms with Crippen molar-refractivity contribution in [3.8, 4) is 5.75 Å². The van der Waals surface area contributed by atoms with Gasteiger partial charge < -0.3 is 15.0 Å². The SMILES string of the molecule is CCCN(CCC)c1nncc(Nc2ccc(OC)cc2)n1. The molecule has 0 amide bonds. The molecule has 0 radical (unpaired) electrons. The molecule has 0 spiro atoms. The zero-order valence-electron chi connectivity index (χ0n) is 13.4. The minimum Gasteiger partial charge on any atom is -0.497 e. The van der Waals surface area contributed by atoms with Crippen LogP contribution in [-0.2, 0) is 0 Å². The van der Waals surface area contributed by atoms with Crippen molar-refractivity contribution in [2.24, 2.45) is 0 Å². The number of nitrogens with zero attached hydrogens (tertiary/aromatic N) is 4. The highest BCUT2D eigenvalue weighted by atomic mass is 16.5. The smallest absolute Gasteiger partial charge is 0.247 e. The second-order valence-electron chi connectivity index (χ2n) is 4.98. The molecule has 0 aliphatic rings. The van der Waals surface area contributed by atoms with Crippen LogP contribution in [0.2, 0.25) is 0 Å². The summed E-state index contributed by atoms with van der Waals surface area (Å²) in [6, 6.07) is 7.68. The Labute approximate surface area is 131 Å². The van der Waals surface area contributed by atoms with E-state index in [1.807, 2.05) is 24.3 Å². The number of ether oxygens (including phenoxy) is 1. The maximum atomic E-state index is 5.15. The Bertz CT molecular complexity index is 567. The third-order valence-electron chi connectivity index (χ3n) is 3.18. The first-order valence-corrected chi connectivity index (χ1v) is 7.62. The number of aromatic nitrogens is 3. The predicted molar refractivity (Wildman–Crippen MR) is 88.9 cm³/mol. The lowest BCUT2D eigenvalue weighted by Gasteiger charge is -2.21. The van der Waals surface area contributed by atoms with Gasteiger partial charge in [0.25, 0.3) is 0 Å². The van der Waals surface area contributed by atoms with Gasteiger partial charge in [-0.2, -0.15) is 10.1 Å². The van der Waals surface area contributed by atoms with Crippen LogP contribution in [0.25, 0.3) is 0 Å². The summed E-state index contributed by atoms with van der Waals surface area (Å²) in [5, 5.41) is 11.4. The predicted octanol–water partition coefficient (Wildman–Crippen LogP) is 3.25. The molecule has 0 unspecified atom stereocenters. The van der Waals surface area contributed by atoms with Gasteiger partial charge in [-0.25, -0.2) is 0 Å². The number of anilines is 3. The summed E-state index contributed by atoms with van der Waals surface area (Å²) in [5.41, 5.74) is 0.935. The molecule has 1 N–H and O–H groups in total. The summed E-state index contributed by atoms with van der Waals surface area (Å²) < 4.78 is 5.15. The minimum atomic E-state index is 0.669. The van der Waals surface area contributed by atoms with Crippen molar-refractivity contribution >= 4 is 17.5 Å². The molecule has 0 saturated carbocycles. The molecule has 22 heavy (non-hydrogen) atoms. The summed E-state index contributed by atoms with van der Waals surface area (Å²) in [6.45, 7) is 6.16.